The van der Waals surface area contributed by atoms with Crippen molar-refractivity contribution in [1.82, 2.24) is 0 Å². The fourth-order valence-corrected chi connectivity index (χ4v) is 3.08. The lowest BCUT2D eigenvalue weighted by molar-refractivity contribution is 0.569. The summed E-state index contributed by atoms with van der Waals surface area (Å²) in [6.07, 6.45) is 0. The molecular weight excluding hydrogens is 376 g/mol. The third-order valence-corrected chi connectivity index (χ3v) is 4.49. The number of nitrogens with one attached hydrogen (secondary N) is 1. The van der Waals surface area contributed by atoms with Crippen LogP contribution in [0.1, 0.15) is 0 Å². The van der Waals surface area contributed by atoms with Crippen molar-refractivity contribution < 1.29 is 17.2 Å². The Balaban J connectivity index is 2.41. The van der Waals surface area contributed by atoms with Gasteiger partial charge in [0.1, 0.15) is 16.5 Å². The number of anilines is 1. The van der Waals surface area contributed by atoms with Crippen LogP contribution in [0.25, 0.3) is 0 Å². The van der Waals surface area contributed by atoms with Crippen LogP contribution in [0.4, 0.5) is 14.5 Å². The minimum Gasteiger partial charge on any atom is -0.277 e. The van der Waals surface area contributed by atoms with Crippen molar-refractivity contribution >= 4 is 43.2 Å². The standard InChI is InChI=1S/C12H7BrClF2NO2S/c13-7-1-4-12(10(16)5-7)20(18,19)17-11-3-2-8(14)6-9(11)15/h1-6,17H. The Labute approximate surface area is 127 Å². The van der Waals surface area contributed by atoms with E-state index >= 15 is 0 Å². The summed E-state index contributed by atoms with van der Waals surface area (Å²) in [6, 6.07) is 6.89. The quantitative estimate of drug-likeness (QED) is 0.865. The zero-order valence-corrected chi connectivity index (χ0v) is 12.9. The van der Waals surface area contributed by atoms with Gasteiger partial charge < -0.3 is 0 Å². The van der Waals surface area contributed by atoms with Gasteiger partial charge in [-0.1, -0.05) is 27.5 Å². The lowest BCUT2D eigenvalue weighted by atomic mass is 10.3. The fourth-order valence-electron chi connectivity index (χ4n) is 1.47. The van der Waals surface area contributed by atoms with Crippen molar-refractivity contribution in [3.8, 4) is 0 Å². The van der Waals surface area contributed by atoms with Crippen LogP contribution in [0.15, 0.2) is 45.8 Å². The van der Waals surface area contributed by atoms with Crippen LogP contribution in [0.5, 0.6) is 0 Å². The molecule has 0 saturated carbocycles. The largest absolute Gasteiger partial charge is 0.277 e. The highest BCUT2D eigenvalue weighted by molar-refractivity contribution is 9.10. The Morgan fingerprint density at radius 3 is 2.35 bits per heavy atom. The molecule has 20 heavy (non-hydrogen) atoms. The maximum Gasteiger partial charge on any atom is 0.264 e. The number of sulfonamides is 1. The minimum absolute atomic E-state index is 0.125. The minimum atomic E-state index is -4.23. The SMILES string of the molecule is O=S(=O)(Nc1ccc(Cl)cc1F)c1ccc(Br)cc1F. The average Bonchev–Trinajstić information content (AvgIpc) is 2.32. The van der Waals surface area contributed by atoms with E-state index in [9.17, 15) is 17.2 Å². The van der Waals surface area contributed by atoms with Gasteiger partial charge in [0.25, 0.3) is 10.0 Å². The third-order valence-electron chi connectivity index (χ3n) is 2.36. The number of rotatable bonds is 3. The molecule has 0 amide bonds. The molecule has 106 valence electrons. The van der Waals surface area contributed by atoms with Crippen molar-refractivity contribution in [2.24, 2.45) is 0 Å². The molecule has 1 N–H and O–H groups in total. The van der Waals surface area contributed by atoms with Gasteiger partial charge >= 0.3 is 0 Å². The van der Waals surface area contributed by atoms with Gasteiger partial charge in [-0.2, -0.15) is 0 Å². The molecule has 0 radical (unpaired) electrons. The predicted octanol–water partition coefficient (Wildman–Crippen LogP) is 4.18. The van der Waals surface area contributed by atoms with Crippen molar-refractivity contribution in [3.05, 3.63) is 57.5 Å². The smallest absolute Gasteiger partial charge is 0.264 e. The number of hydrogen-bond donors (Lipinski definition) is 1. The van der Waals surface area contributed by atoms with E-state index in [1.807, 2.05) is 4.72 Å². The van der Waals surface area contributed by atoms with Crippen LogP contribution >= 0.6 is 27.5 Å². The van der Waals surface area contributed by atoms with Gasteiger partial charge in [0.05, 0.1) is 5.69 Å². The highest BCUT2D eigenvalue weighted by atomic mass is 79.9. The van der Waals surface area contributed by atoms with Gasteiger partial charge in [0.2, 0.25) is 0 Å². The molecule has 2 aromatic rings. The van der Waals surface area contributed by atoms with Crippen LogP contribution < -0.4 is 4.72 Å². The summed E-state index contributed by atoms with van der Waals surface area (Å²) in [5.41, 5.74) is -0.309. The van der Waals surface area contributed by atoms with Crippen molar-refractivity contribution in [2.45, 2.75) is 4.90 Å². The van der Waals surface area contributed by atoms with Gasteiger partial charge in [-0.25, -0.2) is 17.2 Å². The second-order valence-corrected chi connectivity index (χ2v) is 6.81. The topological polar surface area (TPSA) is 46.2 Å². The molecule has 0 fully saturated rings. The van der Waals surface area contributed by atoms with E-state index in [0.29, 0.717) is 4.47 Å². The van der Waals surface area contributed by atoms with Gasteiger partial charge in [-0.3, -0.25) is 4.72 Å². The number of hydrogen-bond acceptors (Lipinski definition) is 2. The van der Waals surface area contributed by atoms with E-state index in [0.717, 1.165) is 24.3 Å². The normalized spacial score (nSPS) is 11.4. The van der Waals surface area contributed by atoms with E-state index in [1.54, 1.807) is 0 Å². The van der Waals surface area contributed by atoms with Crippen LogP contribution in [0.2, 0.25) is 5.02 Å². The molecule has 0 spiro atoms. The first-order chi connectivity index (χ1) is 9.29. The number of benzene rings is 2. The lowest BCUT2D eigenvalue weighted by Crippen LogP contribution is -2.15. The molecule has 0 aliphatic heterocycles. The summed E-state index contributed by atoms with van der Waals surface area (Å²) in [5.74, 6) is -1.79. The van der Waals surface area contributed by atoms with Crippen molar-refractivity contribution in [3.63, 3.8) is 0 Å². The third kappa shape index (κ3) is 3.28. The van der Waals surface area contributed by atoms with Crippen LogP contribution in [0.3, 0.4) is 0 Å². The second-order valence-electron chi connectivity index (χ2n) is 3.80. The van der Waals surface area contributed by atoms with Gasteiger partial charge in [0.15, 0.2) is 0 Å². The molecular formula is C12H7BrClF2NO2S. The molecule has 0 bridgehead atoms. The molecule has 8 heteroatoms. The Morgan fingerprint density at radius 1 is 1.05 bits per heavy atom. The average molecular weight is 383 g/mol. The predicted molar refractivity (Wildman–Crippen MR) is 76.3 cm³/mol. The first-order valence-corrected chi connectivity index (χ1v) is 7.88. The van der Waals surface area contributed by atoms with Gasteiger partial charge in [0, 0.05) is 9.50 Å². The van der Waals surface area contributed by atoms with E-state index in [4.69, 9.17) is 11.6 Å². The van der Waals surface area contributed by atoms with Crippen LogP contribution in [-0.2, 0) is 10.0 Å². The maximum absolute atomic E-state index is 13.6. The summed E-state index contributed by atoms with van der Waals surface area (Å²) in [4.78, 5) is -0.574. The molecule has 3 nitrogen and oxygen atoms in total. The zero-order chi connectivity index (χ0) is 14.9. The second kappa shape index (κ2) is 5.67. The molecule has 0 aromatic heterocycles. The van der Waals surface area contributed by atoms with E-state index in [1.165, 1.54) is 12.1 Å². The van der Waals surface area contributed by atoms with Crippen molar-refractivity contribution in [1.29, 1.82) is 0 Å². The molecule has 0 saturated heterocycles. The van der Waals surface area contributed by atoms with Crippen molar-refractivity contribution in [2.75, 3.05) is 4.72 Å². The Kier molecular flexibility index (Phi) is 4.31. The van der Waals surface area contributed by atoms with E-state index in [-0.39, 0.29) is 10.7 Å². The fraction of sp³-hybridized carbons (Fsp3) is 0. The summed E-state index contributed by atoms with van der Waals surface area (Å²) in [7, 11) is -4.23. The highest BCUT2D eigenvalue weighted by Crippen LogP contribution is 2.24. The summed E-state index contributed by atoms with van der Waals surface area (Å²) >= 11 is 8.58. The summed E-state index contributed by atoms with van der Waals surface area (Å²) in [5, 5.41) is 0.125. The van der Waals surface area contributed by atoms with Gasteiger partial charge in [-0.15, -0.1) is 0 Å². The Morgan fingerprint density at radius 2 is 1.75 bits per heavy atom. The van der Waals surface area contributed by atoms with Crippen LogP contribution in [-0.4, -0.2) is 8.42 Å². The van der Waals surface area contributed by atoms with E-state index < -0.39 is 26.6 Å². The molecule has 0 atom stereocenters. The monoisotopic (exact) mass is 381 g/mol. The van der Waals surface area contributed by atoms with E-state index in [2.05, 4.69) is 15.9 Å². The van der Waals surface area contributed by atoms with Gasteiger partial charge in [-0.05, 0) is 36.4 Å². The molecule has 0 aliphatic carbocycles. The first kappa shape index (κ1) is 15.2. The maximum atomic E-state index is 13.6. The summed E-state index contributed by atoms with van der Waals surface area (Å²) in [6.45, 7) is 0. The summed E-state index contributed by atoms with van der Waals surface area (Å²) < 4.78 is 53.6. The molecule has 2 rings (SSSR count). The molecule has 0 unspecified atom stereocenters. The first-order valence-electron chi connectivity index (χ1n) is 5.22. The Bertz CT molecular complexity index is 768. The molecule has 0 heterocycles. The van der Waals surface area contributed by atoms with Crippen LogP contribution in [0, 0.1) is 11.6 Å². The lowest BCUT2D eigenvalue weighted by Gasteiger charge is -2.10. The Hall–Kier alpha value is -1.18. The zero-order valence-electron chi connectivity index (χ0n) is 9.70. The molecule has 0 aliphatic rings. The highest BCUT2D eigenvalue weighted by Gasteiger charge is 2.20. The molecule has 2 aromatic carbocycles. The number of halogens is 4.